The van der Waals surface area contributed by atoms with Crippen LogP contribution in [-0.2, 0) is 47.0 Å². The van der Waals surface area contributed by atoms with Crippen LogP contribution in [0.2, 0.25) is 0 Å². The molecule has 1 saturated heterocycles. The van der Waals surface area contributed by atoms with Crippen LogP contribution >= 0.6 is 0 Å². The molecule has 8 nitrogen and oxygen atoms in total. The van der Waals surface area contributed by atoms with Crippen molar-refractivity contribution in [2.75, 3.05) is 18.5 Å². The maximum Gasteiger partial charge on any atom is 0.331 e. The van der Waals surface area contributed by atoms with Crippen molar-refractivity contribution in [3.8, 4) is 0 Å². The molecule has 3 N–H and O–H groups in total. The highest BCUT2D eigenvalue weighted by Gasteiger charge is 2.42. The van der Waals surface area contributed by atoms with E-state index in [0.29, 0.717) is 5.69 Å². The zero-order valence-corrected chi connectivity index (χ0v) is 18.7. The van der Waals surface area contributed by atoms with Crippen LogP contribution in [0.15, 0.2) is 17.2 Å². The van der Waals surface area contributed by atoms with Gasteiger partial charge in [0.05, 0.1) is 18.9 Å². The zero-order valence-electron chi connectivity index (χ0n) is 17.9. The number of carbonyl (C=O) groups is 1. The minimum Gasteiger partial charge on any atom is -0.379 e. The Balaban J connectivity index is 1.36. The third kappa shape index (κ3) is 3.58. The molecule has 5 rings (SSSR count). The van der Waals surface area contributed by atoms with Crippen molar-refractivity contribution >= 4 is 22.7 Å². The standard InChI is InChI=1S/C22H28N4O4S/c1-13(2)26-18(22(28)11-30-12-22)10-19(24-26)31(29)25-21(27)23-20-16-7-3-5-14(16)9-15-6-4-8-17(15)20/h9-10,13,28H,3-8,11-12H2,1-2H3,(H2,23,25,27). The van der Waals surface area contributed by atoms with Crippen LogP contribution in [0, 0.1) is 0 Å². The second-order valence-corrected chi connectivity index (χ2v) is 10.1. The Morgan fingerprint density at radius 1 is 1.16 bits per heavy atom. The lowest BCUT2D eigenvalue weighted by atomic mass is 9.97. The number of carbonyl (C=O) groups excluding carboxylic acids is 1. The Labute approximate surface area is 184 Å². The number of ether oxygens (including phenoxy) is 1. The van der Waals surface area contributed by atoms with E-state index in [-0.39, 0.29) is 24.3 Å². The van der Waals surface area contributed by atoms with Crippen LogP contribution in [0.25, 0.3) is 0 Å². The summed E-state index contributed by atoms with van der Waals surface area (Å²) in [6.45, 7) is 4.22. The molecule has 0 spiro atoms. The number of anilines is 1. The van der Waals surface area contributed by atoms with E-state index >= 15 is 0 Å². The second-order valence-electron chi connectivity index (χ2n) is 8.99. The van der Waals surface area contributed by atoms with E-state index < -0.39 is 22.6 Å². The highest BCUT2D eigenvalue weighted by atomic mass is 32.2. The summed E-state index contributed by atoms with van der Waals surface area (Å²) in [6, 6.07) is 3.37. The molecule has 1 aromatic carbocycles. The number of aryl methyl sites for hydroxylation is 2. The Bertz CT molecular complexity index is 1040. The number of benzene rings is 1. The molecule has 2 aromatic rings. The Kier molecular flexibility index (Phi) is 5.15. The third-order valence-electron chi connectivity index (χ3n) is 6.45. The van der Waals surface area contributed by atoms with Gasteiger partial charge in [-0.25, -0.2) is 9.00 Å². The van der Waals surface area contributed by atoms with Gasteiger partial charge in [-0.05, 0) is 74.6 Å². The van der Waals surface area contributed by atoms with E-state index in [2.05, 4.69) is 21.2 Å². The summed E-state index contributed by atoms with van der Waals surface area (Å²) in [5, 5.41) is 18.3. The zero-order chi connectivity index (χ0) is 21.8. The van der Waals surface area contributed by atoms with Gasteiger partial charge in [-0.1, -0.05) is 6.07 Å². The van der Waals surface area contributed by atoms with Crippen LogP contribution in [0.4, 0.5) is 10.5 Å². The molecule has 1 unspecified atom stereocenters. The van der Waals surface area contributed by atoms with Crippen molar-refractivity contribution < 1.29 is 18.8 Å². The number of fused-ring (bicyclic) bond motifs is 2. The Morgan fingerprint density at radius 2 is 1.81 bits per heavy atom. The number of urea groups is 1. The summed E-state index contributed by atoms with van der Waals surface area (Å²) < 4.78 is 22.2. The summed E-state index contributed by atoms with van der Waals surface area (Å²) in [7, 11) is -1.85. The van der Waals surface area contributed by atoms with Gasteiger partial charge in [0.2, 0.25) is 0 Å². The maximum absolute atomic E-state index is 12.9. The average Bonchev–Trinajstić information content (AvgIpc) is 3.44. The third-order valence-corrected chi connectivity index (χ3v) is 7.40. The van der Waals surface area contributed by atoms with Crippen LogP contribution in [0.5, 0.6) is 0 Å². The number of aromatic nitrogens is 2. The first-order valence-corrected chi connectivity index (χ1v) is 12.1. The smallest absolute Gasteiger partial charge is 0.331 e. The van der Waals surface area contributed by atoms with Gasteiger partial charge in [0.15, 0.2) is 21.6 Å². The number of amides is 2. The first kappa shape index (κ1) is 20.7. The fraction of sp³-hybridized carbons (Fsp3) is 0.545. The average molecular weight is 445 g/mol. The Morgan fingerprint density at radius 3 is 2.35 bits per heavy atom. The molecule has 3 aliphatic rings. The molecular weight excluding hydrogens is 416 g/mol. The lowest BCUT2D eigenvalue weighted by Crippen LogP contribution is -2.48. The van der Waals surface area contributed by atoms with E-state index in [1.54, 1.807) is 10.7 Å². The van der Waals surface area contributed by atoms with Crippen LogP contribution < -0.4 is 10.0 Å². The minimum absolute atomic E-state index is 0.0336. The normalized spacial score (nSPS) is 19.6. The molecule has 0 saturated carbocycles. The molecule has 0 radical (unpaired) electrons. The first-order valence-electron chi connectivity index (χ1n) is 10.9. The lowest BCUT2D eigenvalue weighted by Gasteiger charge is -2.36. The fourth-order valence-electron chi connectivity index (χ4n) is 4.89. The molecule has 2 heterocycles. The van der Waals surface area contributed by atoms with Crippen molar-refractivity contribution in [3.05, 3.63) is 40.1 Å². The van der Waals surface area contributed by atoms with Crippen molar-refractivity contribution in [2.24, 2.45) is 0 Å². The molecule has 166 valence electrons. The van der Waals surface area contributed by atoms with Gasteiger partial charge in [0, 0.05) is 17.8 Å². The molecule has 0 bridgehead atoms. The molecular formula is C22H28N4O4S. The molecule has 1 aromatic heterocycles. The van der Waals surface area contributed by atoms with Gasteiger partial charge >= 0.3 is 6.03 Å². The number of hydrogen-bond donors (Lipinski definition) is 3. The lowest BCUT2D eigenvalue weighted by molar-refractivity contribution is -0.189. The van der Waals surface area contributed by atoms with Crippen molar-refractivity contribution in [1.82, 2.24) is 14.5 Å². The second kappa shape index (κ2) is 7.72. The summed E-state index contributed by atoms with van der Waals surface area (Å²) in [5.41, 5.74) is 5.43. The van der Waals surface area contributed by atoms with Gasteiger partial charge < -0.3 is 15.2 Å². The molecule has 2 aliphatic carbocycles. The topological polar surface area (TPSA) is 105 Å². The van der Waals surface area contributed by atoms with Gasteiger partial charge in [-0.15, -0.1) is 0 Å². The van der Waals surface area contributed by atoms with Gasteiger partial charge in [0.1, 0.15) is 0 Å². The van der Waals surface area contributed by atoms with Gasteiger partial charge in [0.25, 0.3) is 0 Å². The summed E-state index contributed by atoms with van der Waals surface area (Å²) in [4.78, 5) is 12.8. The van der Waals surface area contributed by atoms with Crippen molar-refractivity contribution in [1.29, 1.82) is 0 Å². The Hall–Kier alpha value is -2.23. The van der Waals surface area contributed by atoms with E-state index in [1.165, 1.54) is 22.3 Å². The molecule has 1 aliphatic heterocycles. The molecule has 31 heavy (non-hydrogen) atoms. The number of hydrogen-bond acceptors (Lipinski definition) is 5. The molecule has 2 amide bonds. The SMILES string of the molecule is CC(C)n1nc(S(=O)NC(=O)Nc2c3c(cc4c2CCC4)CCC3)cc1C1(O)COC1. The van der Waals surface area contributed by atoms with Crippen LogP contribution in [0.1, 0.15) is 60.7 Å². The molecule has 1 fully saturated rings. The monoisotopic (exact) mass is 444 g/mol. The summed E-state index contributed by atoms with van der Waals surface area (Å²) in [6.07, 6.45) is 6.22. The first-order chi connectivity index (χ1) is 14.9. The highest BCUT2D eigenvalue weighted by Crippen LogP contribution is 2.38. The van der Waals surface area contributed by atoms with Gasteiger partial charge in [-0.2, -0.15) is 5.10 Å². The molecule has 9 heteroatoms. The van der Waals surface area contributed by atoms with E-state index in [4.69, 9.17) is 4.74 Å². The van der Waals surface area contributed by atoms with Crippen molar-refractivity contribution in [2.45, 2.75) is 69.0 Å². The number of nitrogens with one attached hydrogen (secondary N) is 2. The largest absolute Gasteiger partial charge is 0.379 e. The van der Waals surface area contributed by atoms with Gasteiger partial charge in [-0.3, -0.25) is 9.40 Å². The summed E-state index contributed by atoms with van der Waals surface area (Å²) in [5.74, 6) is 0. The predicted molar refractivity (Wildman–Crippen MR) is 116 cm³/mol. The van der Waals surface area contributed by atoms with Crippen LogP contribution in [0.3, 0.4) is 0 Å². The minimum atomic E-state index is -1.85. The van der Waals surface area contributed by atoms with E-state index in [1.807, 2.05) is 13.8 Å². The van der Waals surface area contributed by atoms with Crippen LogP contribution in [-0.4, -0.2) is 38.3 Å². The highest BCUT2D eigenvalue weighted by molar-refractivity contribution is 7.83. The quantitative estimate of drug-likeness (QED) is 0.657. The number of nitrogens with zero attached hydrogens (tertiary/aromatic N) is 2. The molecule has 1 atom stereocenters. The van der Waals surface area contributed by atoms with E-state index in [0.717, 1.165) is 44.2 Å². The predicted octanol–water partition coefficient (Wildman–Crippen LogP) is 2.50. The van der Waals surface area contributed by atoms with Crippen molar-refractivity contribution in [3.63, 3.8) is 0 Å². The number of aliphatic hydroxyl groups is 1. The maximum atomic E-state index is 12.9. The van der Waals surface area contributed by atoms with E-state index in [9.17, 15) is 14.1 Å². The summed E-state index contributed by atoms with van der Waals surface area (Å²) >= 11 is 0. The number of rotatable bonds is 5. The fourth-order valence-corrected chi connectivity index (χ4v) is 5.59.